The highest BCUT2D eigenvalue weighted by Crippen LogP contribution is 2.27. The average molecular weight is 414 g/mol. The molecule has 132 valence electrons. The van der Waals surface area contributed by atoms with E-state index in [0.717, 1.165) is 16.5 Å². The summed E-state index contributed by atoms with van der Waals surface area (Å²) in [6.45, 7) is -0.153. The minimum atomic E-state index is -0.439. The third-order valence-electron chi connectivity index (χ3n) is 3.78. The van der Waals surface area contributed by atoms with E-state index >= 15 is 0 Å². The van der Waals surface area contributed by atoms with Crippen LogP contribution in [0.3, 0.4) is 0 Å². The Bertz CT molecular complexity index is 966. The lowest BCUT2D eigenvalue weighted by molar-refractivity contribution is -0.118. The molecular weight excluding hydrogens is 398 g/mol. The molecule has 3 rings (SSSR count). The quantitative estimate of drug-likeness (QED) is 0.629. The molecule has 0 fully saturated rings. The first-order chi connectivity index (χ1) is 12.6. The Morgan fingerprint density at radius 3 is 2.58 bits per heavy atom. The second-order valence-corrected chi connectivity index (χ2v) is 6.35. The molecule has 0 heterocycles. The molecule has 0 bridgehead atoms. The van der Waals surface area contributed by atoms with Crippen molar-refractivity contribution in [3.8, 4) is 5.75 Å². The predicted octanol–water partition coefficient (Wildman–Crippen LogP) is 4.41. The maximum absolute atomic E-state index is 12.2. The van der Waals surface area contributed by atoms with Crippen LogP contribution in [0.25, 0.3) is 10.8 Å². The maximum atomic E-state index is 12.2. The van der Waals surface area contributed by atoms with Crippen LogP contribution in [0.15, 0.2) is 65.1 Å². The van der Waals surface area contributed by atoms with Gasteiger partial charge in [0.15, 0.2) is 6.61 Å². The monoisotopic (exact) mass is 413 g/mol. The summed E-state index contributed by atoms with van der Waals surface area (Å²) in [5.74, 6) is -0.248. The fraction of sp³-hybridized carbons (Fsp3) is 0.100. The molecule has 0 aliphatic carbocycles. The summed E-state index contributed by atoms with van der Waals surface area (Å²) < 4.78 is 10.8. The van der Waals surface area contributed by atoms with E-state index in [9.17, 15) is 9.59 Å². The van der Waals surface area contributed by atoms with Crippen LogP contribution >= 0.6 is 15.9 Å². The van der Waals surface area contributed by atoms with Gasteiger partial charge in [0, 0.05) is 11.1 Å². The summed E-state index contributed by atoms with van der Waals surface area (Å²) in [5, 5.41) is 4.87. The fourth-order valence-corrected chi connectivity index (χ4v) is 3.02. The van der Waals surface area contributed by atoms with Crippen LogP contribution in [0.2, 0.25) is 0 Å². The normalized spacial score (nSPS) is 10.4. The molecular formula is C20H16BrNO4. The van der Waals surface area contributed by atoms with Gasteiger partial charge in [0.1, 0.15) is 5.75 Å². The van der Waals surface area contributed by atoms with Crippen LogP contribution < -0.4 is 10.1 Å². The number of nitrogens with one attached hydrogen (secondary N) is 1. The number of amides is 1. The molecule has 0 aliphatic heterocycles. The van der Waals surface area contributed by atoms with Crippen LogP contribution in [0.5, 0.6) is 5.75 Å². The van der Waals surface area contributed by atoms with E-state index in [1.807, 2.05) is 42.5 Å². The second kappa shape index (κ2) is 8.01. The predicted molar refractivity (Wildman–Crippen MR) is 104 cm³/mol. The first-order valence-corrected chi connectivity index (χ1v) is 8.66. The smallest absolute Gasteiger partial charge is 0.337 e. The molecule has 0 radical (unpaired) electrons. The Labute approximate surface area is 159 Å². The maximum Gasteiger partial charge on any atom is 0.337 e. The van der Waals surface area contributed by atoms with Crippen LogP contribution in [-0.4, -0.2) is 25.6 Å². The van der Waals surface area contributed by atoms with Crippen LogP contribution in [0, 0.1) is 0 Å². The lowest BCUT2D eigenvalue weighted by Crippen LogP contribution is -2.20. The Hall–Kier alpha value is -2.86. The van der Waals surface area contributed by atoms with Gasteiger partial charge in [0.05, 0.1) is 17.1 Å². The van der Waals surface area contributed by atoms with Crippen LogP contribution in [0.4, 0.5) is 5.69 Å². The summed E-state index contributed by atoms with van der Waals surface area (Å²) in [6, 6.07) is 18.3. The molecule has 0 aromatic heterocycles. The molecule has 0 spiro atoms. The van der Waals surface area contributed by atoms with E-state index in [2.05, 4.69) is 26.0 Å². The first kappa shape index (κ1) is 17.9. The van der Waals surface area contributed by atoms with Crippen molar-refractivity contribution in [2.24, 2.45) is 0 Å². The highest BCUT2D eigenvalue weighted by Gasteiger charge is 2.11. The number of hydrogen-bond acceptors (Lipinski definition) is 4. The van der Waals surface area contributed by atoms with Gasteiger partial charge in [-0.2, -0.15) is 0 Å². The van der Waals surface area contributed by atoms with E-state index < -0.39 is 5.97 Å². The number of fused-ring (bicyclic) bond motifs is 1. The fourth-order valence-electron chi connectivity index (χ4n) is 2.53. The molecule has 0 atom stereocenters. The number of anilines is 1. The molecule has 5 nitrogen and oxygen atoms in total. The molecule has 3 aromatic rings. The SMILES string of the molecule is COC(=O)c1ccc(OCC(=O)Nc2cccc3ccccc23)c(Br)c1. The van der Waals surface area contributed by atoms with Crippen molar-refractivity contribution in [3.05, 3.63) is 70.7 Å². The average Bonchev–Trinajstić information content (AvgIpc) is 2.66. The topological polar surface area (TPSA) is 64.6 Å². The van der Waals surface area contributed by atoms with Gasteiger partial charge in [0.2, 0.25) is 0 Å². The third-order valence-corrected chi connectivity index (χ3v) is 4.40. The number of esters is 1. The van der Waals surface area contributed by atoms with Crippen molar-refractivity contribution >= 4 is 44.3 Å². The highest BCUT2D eigenvalue weighted by atomic mass is 79.9. The van der Waals surface area contributed by atoms with E-state index in [4.69, 9.17) is 4.74 Å². The van der Waals surface area contributed by atoms with Crippen LogP contribution in [0.1, 0.15) is 10.4 Å². The van der Waals surface area contributed by atoms with Crippen LogP contribution in [-0.2, 0) is 9.53 Å². The Kier molecular flexibility index (Phi) is 5.53. The second-order valence-electron chi connectivity index (χ2n) is 5.50. The standard InChI is InChI=1S/C20H16BrNO4/c1-25-20(24)14-9-10-18(16(21)11-14)26-12-19(23)22-17-8-4-6-13-5-2-3-7-15(13)17/h2-11H,12H2,1H3,(H,22,23). The lowest BCUT2D eigenvalue weighted by atomic mass is 10.1. The van der Waals surface area contributed by atoms with Crippen molar-refractivity contribution in [3.63, 3.8) is 0 Å². The van der Waals surface area contributed by atoms with Gasteiger partial charge in [0.25, 0.3) is 5.91 Å². The zero-order valence-electron chi connectivity index (χ0n) is 14.0. The van der Waals surface area contributed by atoms with Gasteiger partial charge in [-0.05, 0) is 45.6 Å². The number of carbonyl (C=O) groups is 2. The minimum absolute atomic E-state index is 0.153. The Balaban J connectivity index is 1.66. The summed E-state index contributed by atoms with van der Waals surface area (Å²) in [7, 11) is 1.32. The van der Waals surface area contributed by atoms with Gasteiger partial charge < -0.3 is 14.8 Å². The molecule has 1 N–H and O–H groups in total. The summed E-state index contributed by atoms with van der Waals surface area (Å²) in [5.41, 5.74) is 1.13. The number of ether oxygens (including phenoxy) is 2. The molecule has 6 heteroatoms. The van der Waals surface area contributed by atoms with Gasteiger partial charge in [-0.25, -0.2) is 4.79 Å². The number of methoxy groups -OCH3 is 1. The van der Waals surface area contributed by atoms with E-state index in [-0.39, 0.29) is 12.5 Å². The van der Waals surface area contributed by atoms with Gasteiger partial charge in [-0.3, -0.25) is 4.79 Å². The molecule has 3 aromatic carbocycles. The van der Waals surface area contributed by atoms with Crippen molar-refractivity contribution < 1.29 is 19.1 Å². The van der Waals surface area contributed by atoms with Gasteiger partial charge in [-0.1, -0.05) is 36.4 Å². The summed E-state index contributed by atoms with van der Waals surface area (Å²) >= 11 is 3.33. The lowest BCUT2D eigenvalue weighted by Gasteiger charge is -2.11. The third kappa shape index (κ3) is 4.03. The summed E-state index contributed by atoms with van der Waals surface area (Å²) in [4.78, 5) is 23.7. The number of halogens is 1. The molecule has 1 amide bonds. The molecule has 0 unspecified atom stereocenters. The number of hydrogen-bond donors (Lipinski definition) is 1. The van der Waals surface area contributed by atoms with E-state index in [1.165, 1.54) is 7.11 Å². The van der Waals surface area contributed by atoms with Crippen molar-refractivity contribution in [2.75, 3.05) is 19.0 Å². The van der Waals surface area contributed by atoms with Crippen molar-refractivity contribution in [2.45, 2.75) is 0 Å². The van der Waals surface area contributed by atoms with E-state index in [0.29, 0.717) is 15.8 Å². The molecule has 0 saturated heterocycles. The largest absolute Gasteiger partial charge is 0.483 e. The van der Waals surface area contributed by atoms with Crippen molar-refractivity contribution in [1.29, 1.82) is 0 Å². The molecule has 0 aliphatic rings. The zero-order chi connectivity index (χ0) is 18.5. The summed E-state index contributed by atoms with van der Waals surface area (Å²) in [6.07, 6.45) is 0. The number of rotatable bonds is 5. The number of benzene rings is 3. The van der Waals surface area contributed by atoms with E-state index in [1.54, 1.807) is 18.2 Å². The zero-order valence-corrected chi connectivity index (χ0v) is 15.6. The van der Waals surface area contributed by atoms with Gasteiger partial charge in [-0.15, -0.1) is 0 Å². The minimum Gasteiger partial charge on any atom is -0.483 e. The molecule has 26 heavy (non-hydrogen) atoms. The Morgan fingerprint density at radius 1 is 1.04 bits per heavy atom. The first-order valence-electron chi connectivity index (χ1n) is 7.87. The van der Waals surface area contributed by atoms with Crippen molar-refractivity contribution in [1.82, 2.24) is 0 Å². The van der Waals surface area contributed by atoms with Gasteiger partial charge >= 0.3 is 5.97 Å². The number of carbonyl (C=O) groups excluding carboxylic acids is 2. The molecule has 0 saturated carbocycles. The Morgan fingerprint density at radius 2 is 1.81 bits per heavy atom. The highest BCUT2D eigenvalue weighted by molar-refractivity contribution is 9.10.